The van der Waals surface area contributed by atoms with E-state index in [4.69, 9.17) is 0 Å². The molecule has 0 aromatic heterocycles. The third-order valence-electron chi connectivity index (χ3n) is 5.48. The van der Waals surface area contributed by atoms with Crippen LogP contribution in [0, 0.1) is 0 Å². The lowest BCUT2D eigenvalue weighted by Gasteiger charge is -2.46. The van der Waals surface area contributed by atoms with Crippen molar-refractivity contribution >= 4 is 11.8 Å². The molecule has 30 heteroatoms. The summed E-state index contributed by atoms with van der Waals surface area (Å²) in [6, 6.07) is 0. The van der Waals surface area contributed by atoms with Crippen LogP contribution in [0.2, 0.25) is 0 Å². The lowest BCUT2D eigenvalue weighted by Crippen LogP contribution is -2.79. The van der Waals surface area contributed by atoms with Gasteiger partial charge in [0.1, 0.15) is 0 Å². The summed E-state index contributed by atoms with van der Waals surface area (Å²) in [4.78, 5) is 0. The van der Waals surface area contributed by atoms with Gasteiger partial charge in [-0.25, -0.2) is 0 Å². The van der Waals surface area contributed by atoms with Crippen LogP contribution in [0.15, 0.2) is 0 Å². The van der Waals surface area contributed by atoms with Gasteiger partial charge in [-0.3, -0.25) is 0 Å². The fraction of sp³-hybridized carbons (Fsp3) is 1.00. The minimum Gasteiger partial charge on any atom is -0.199 e. The monoisotopic (exact) mass is 780 g/mol. The van der Waals surface area contributed by atoms with E-state index in [0.717, 1.165) is 0 Å². The number of rotatable bonds is 14. The standard InChI is InChI=1S/C16H5F29S/c1-46-2-3(17,18)4(19,20)5(21,22)6(23,24)7(25,26)8(27,28)9(29,30)10(31,32)11(33,34)12(35,36)13(37,38)14(39,40)15(41,42)16(43,44)45/h2H2,1H3. The quantitative estimate of drug-likeness (QED) is 0.158. The number of thioether (sulfide) groups is 1. The Balaban J connectivity index is 7.53. The Bertz CT molecular complexity index is 1090. The van der Waals surface area contributed by atoms with Crippen LogP contribution >= 0.6 is 11.8 Å². The van der Waals surface area contributed by atoms with Crippen LogP contribution < -0.4 is 0 Å². The van der Waals surface area contributed by atoms with Gasteiger partial charge in [-0.05, 0) is 6.26 Å². The van der Waals surface area contributed by atoms with E-state index in [0.29, 0.717) is 0 Å². The molecule has 0 heterocycles. The summed E-state index contributed by atoms with van der Waals surface area (Å²) >= 11 is -0.747. The van der Waals surface area contributed by atoms with Crippen LogP contribution in [0.3, 0.4) is 0 Å². The largest absolute Gasteiger partial charge is 0.460 e. The summed E-state index contributed by atoms with van der Waals surface area (Å²) in [6.45, 7) is 0. The average molecular weight is 780 g/mol. The molecule has 278 valence electrons. The molecule has 0 aliphatic carbocycles. The van der Waals surface area contributed by atoms with Crippen molar-refractivity contribution in [2.75, 3.05) is 12.0 Å². The van der Waals surface area contributed by atoms with Gasteiger partial charge < -0.3 is 0 Å². The Kier molecular flexibility index (Phi) is 10.5. The van der Waals surface area contributed by atoms with Crippen molar-refractivity contribution < 1.29 is 127 Å². The second-order valence-corrected chi connectivity index (χ2v) is 9.39. The maximum absolute atomic E-state index is 13.7. The Labute approximate surface area is 235 Å². The lowest BCUT2D eigenvalue weighted by atomic mass is 9.83. The van der Waals surface area contributed by atoms with E-state index in [1.54, 1.807) is 0 Å². The molecule has 0 amide bonds. The molecule has 0 nitrogen and oxygen atoms in total. The van der Waals surface area contributed by atoms with Gasteiger partial charge in [0.05, 0.1) is 5.75 Å². The second-order valence-electron chi connectivity index (χ2n) is 8.53. The SMILES string of the molecule is CSCC(F)(F)C(F)(F)C(F)(F)C(F)(F)C(F)(F)C(F)(F)C(F)(F)C(F)(F)C(F)(F)C(F)(F)C(F)(F)C(F)(F)C(F)(F)C(F)(F)F. The van der Waals surface area contributed by atoms with Gasteiger partial charge in [-0.1, -0.05) is 0 Å². The molecule has 0 radical (unpaired) electrons. The van der Waals surface area contributed by atoms with Crippen LogP contribution in [-0.4, -0.2) is 95.2 Å². The number of hydrogen-bond acceptors (Lipinski definition) is 1. The van der Waals surface area contributed by atoms with Crippen molar-refractivity contribution in [2.45, 2.75) is 83.2 Å². The van der Waals surface area contributed by atoms with Crippen molar-refractivity contribution in [2.24, 2.45) is 0 Å². The Hall–Kier alpha value is -1.68. The second kappa shape index (κ2) is 10.9. The first-order chi connectivity index (χ1) is 19.3. The Morgan fingerprint density at radius 2 is 0.413 bits per heavy atom. The molecule has 0 fully saturated rings. The molecule has 0 unspecified atom stereocenters. The number of alkyl halides is 29. The molecule has 0 aromatic carbocycles. The molecular weight excluding hydrogens is 775 g/mol. The average Bonchev–Trinajstić information content (AvgIpc) is 2.81. The Morgan fingerprint density at radius 1 is 0.261 bits per heavy atom. The van der Waals surface area contributed by atoms with Crippen LogP contribution in [0.4, 0.5) is 127 Å². The first kappa shape index (κ1) is 44.3. The predicted octanol–water partition coefficient (Wildman–Crippen LogP) is 10.2. The summed E-state index contributed by atoms with van der Waals surface area (Å²) in [7, 11) is 0. The summed E-state index contributed by atoms with van der Waals surface area (Å²) < 4.78 is 386. The van der Waals surface area contributed by atoms with Crippen molar-refractivity contribution in [1.82, 2.24) is 0 Å². The molecule has 0 spiro atoms. The van der Waals surface area contributed by atoms with Gasteiger partial charge in [0.25, 0.3) is 0 Å². The van der Waals surface area contributed by atoms with Crippen LogP contribution in [-0.2, 0) is 0 Å². The van der Waals surface area contributed by atoms with Gasteiger partial charge in [-0.15, -0.1) is 0 Å². The minimum absolute atomic E-state index is 0.241. The molecule has 0 aromatic rings. The van der Waals surface area contributed by atoms with Crippen LogP contribution in [0.25, 0.3) is 0 Å². The fourth-order valence-electron chi connectivity index (χ4n) is 2.65. The highest BCUT2D eigenvalue weighted by Gasteiger charge is 3.00. The molecule has 0 aliphatic rings. The van der Waals surface area contributed by atoms with E-state index in [9.17, 15) is 127 Å². The van der Waals surface area contributed by atoms with E-state index in [-0.39, 0.29) is 6.26 Å². The normalized spacial score (nSPS) is 17.1. The van der Waals surface area contributed by atoms with Gasteiger partial charge in [0.2, 0.25) is 0 Å². The highest BCUT2D eigenvalue weighted by molar-refractivity contribution is 7.98. The van der Waals surface area contributed by atoms with Gasteiger partial charge in [0, 0.05) is 0 Å². The maximum atomic E-state index is 13.7. The first-order valence-corrected chi connectivity index (χ1v) is 11.2. The van der Waals surface area contributed by atoms with Gasteiger partial charge in [0.15, 0.2) is 0 Å². The molecule has 0 saturated heterocycles. The first-order valence-electron chi connectivity index (χ1n) is 9.78. The number of hydrogen-bond donors (Lipinski definition) is 0. The van der Waals surface area contributed by atoms with E-state index < -0.39 is 101 Å². The highest BCUT2D eigenvalue weighted by atomic mass is 32.2. The van der Waals surface area contributed by atoms with Crippen LogP contribution in [0.1, 0.15) is 0 Å². The zero-order valence-corrected chi connectivity index (χ0v) is 20.9. The summed E-state index contributed by atoms with van der Waals surface area (Å²) in [5.41, 5.74) is 0. The summed E-state index contributed by atoms with van der Waals surface area (Å²) in [6.07, 6.45) is -8.04. The van der Waals surface area contributed by atoms with Gasteiger partial charge in [-0.2, -0.15) is 139 Å². The van der Waals surface area contributed by atoms with Crippen molar-refractivity contribution in [3.8, 4) is 0 Å². The maximum Gasteiger partial charge on any atom is 0.460 e. The Morgan fingerprint density at radius 3 is 0.565 bits per heavy atom. The smallest absolute Gasteiger partial charge is 0.199 e. The van der Waals surface area contributed by atoms with Crippen molar-refractivity contribution in [3.05, 3.63) is 0 Å². The van der Waals surface area contributed by atoms with Crippen LogP contribution in [0.5, 0.6) is 0 Å². The van der Waals surface area contributed by atoms with E-state index in [1.807, 2.05) is 0 Å². The third-order valence-corrected chi connectivity index (χ3v) is 6.13. The summed E-state index contributed by atoms with van der Waals surface area (Å²) in [5.74, 6) is -122. The van der Waals surface area contributed by atoms with E-state index >= 15 is 0 Å². The summed E-state index contributed by atoms with van der Waals surface area (Å²) in [5, 5.41) is 0. The van der Waals surface area contributed by atoms with Gasteiger partial charge >= 0.3 is 83.2 Å². The topological polar surface area (TPSA) is 0 Å². The van der Waals surface area contributed by atoms with E-state index in [2.05, 4.69) is 0 Å². The zero-order chi connectivity index (χ0) is 38.4. The molecule has 0 rings (SSSR count). The molecule has 0 bridgehead atoms. The lowest BCUT2D eigenvalue weighted by molar-refractivity contribution is -0.487. The molecular formula is C16H5F29S. The minimum atomic E-state index is -9.90. The molecule has 0 atom stereocenters. The van der Waals surface area contributed by atoms with E-state index in [1.165, 1.54) is 0 Å². The zero-order valence-electron chi connectivity index (χ0n) is 20.1. The molecule has 0 aliphatic heterocycles. The highest BCUT2D eigenvalue weighted by Crippen LogP contribution is 2.69. The van der Waals surface area contributed by atoms with Crippen molar-refractivity contribution in [3.63, 3.8) is 0 Å². The van der Waals surface area contributed by atoms with Crippen molar-refractivity contribution in [1.29, 1.82) is 0 Å². The molecule has 0 N–H and O–H groups in total. The fourth-order valence-corrected chi connectivity index (χ4v) is 3.20. The predicted molar refractivity (Wildman–Crippen MR) is 88.7 cm³/mol. The number of halogens is 29. The third kappa shape index (κ3) is 5.08. The molecule has 46 heavy (non-hydrogen) atoms. The molecule has 0 saturated carbocycles.